The van der Waals surface area contributed by atoms with Gasteiger partial charge in [0.2, 0.25) is 0 Å². The van der Waals surface area contributed by atoms with Crippen molar-refractivity contribution in [3.05, 3.63) is 28.7 Å². The van der Waals surface area contributed by atoms with Gasteiger partial charge in [0.15, 0.2) is 0 Å². The molecule has 1 aromatic rings. The SMILES string of the molecule is C=C1N=C2c3c(nc(C)c(Cl)c3N(C)C(=O)C3CN(C)CCN23)N1C. The number of halogens is 1. The van der Waals surface area contributed by atoms with E-state index in [-0.39, 0.29) is 11.9 Å². The number of hydrogen-bond acceptors (Lipinski definition) is 6. The second-order valence-corrected chi connectivity index (χ2v) is 7.22. The average molecular weight is 361 g/mol. The second kappa shape index (κ2) is 5.44. The quantitative estimate of drug-likeness (QED) is 0.698. The molecule has 4 rings (SSSR count). The van der Waals surface area contributed by atoms with E-state index in [1.165, 1.54) is 0 Å². The molecule has 1 saturated heterocycles. The van der Waals surface area contributed by atoms with E-state index >= 15 is 0 Å². The van der Waals surface area contributed by atoms with E-state index in [1.807, 2.05) is 25.9 Å². The molecular weight excluding hydrogens is 340 g/mol. The Morgan fingerprint density at radius 2 is 1.92 bits per heavy atom. The number of pyridine rings is 1. The topological polar surface area (TPSA) is 55.3 Å². The van der Waals surface area contributed by atoms with Gasteiger partial charge >= 0.3 is 0 Å². The van der Waals surface area contributed by atoms with Gasteiger partial charge in [0.25, 0.3) is 5.91 Å². The third kappa shape index (κ3) is 2.19. The van der Waals surface area contributed by atoms with Crippen LogP contribution in [0.5, 0.6) is 0 Å². The fourth-order valence-corrected chi connectivity index (χ4v) is 3.98. The molecule has 3 aliphatic heterocycles. The lowest BCUT2D eigenvalue weighted by Crippen LogP contribution is -2.59. The zero-order valence-electron chi connectivity index (χ0n) is 14.9. The fraction of sp³-hybridized carbons (Fsp3) is 0.471. The van der Waals surface area contributed by atoms with Crippen LogP contribution in [0.3, 0.4) is 0 Å². The predicted octanol–water partition coefficient (Wildman–Crippen LogP) is 1.30. The number of amides is 1. The number of likely N-dealkylation sites (N-methyl/N-ethyl adjacent to an activating group) is 2. The number of aryl methyl sites for hydroxylation is 1. The minimum atomic E-state index is -0.296. The van der Waals surface area contributed by atoms with Crippen LogP contribution in [0.4, 0.5) is 11.5 Å². The number of piperazine rings is 1. The smallest absolute Gasteiger partial charge is 0.250 e. The van der Waals surface area contributed by atoms with Crippen molar-refractivity contribution in [2.45, 2.75) is 13.0 Å². The van der Waals surface area contributed by atoms with Crippen molar-refractivity contribution in [1.82, 2.24) is 14.8 Å². The number of amidine groups is 1. The van der Waals surface area contributed by atoms with Gasteiger partial charge in [0, 0.05) is 33.7 Å². The van der Waals surface area contributed by atoms with Crippen molar-refractivity contribution in [2.24, 2.45) is 4.99 Å². The maximum Gasteiger partial charge on any atom is 0.250 e. The number of carbonyl (C=O) groups excluding carboxylic acids is 1. The third-order valence-electron chi connectivity index (χ3n) is 5.23. The molecule has 25 heavy (non-hydrogen) atoms. The van der Waals surface area contributed by atoms with Crippen molar-refractivity contribution in [1.29, 1.82) is 0 Å². The average Bonchev–Trinajstić information content (AvgIpc) is 2.66. The molecule has 3 aliphatic rings. The Morgan fingerprint density at radius 1 is 1.20 bits per heavy atom. The number of nitrogens with zero attached hydrogens (tertiary/aromatic N) is 6. The number of aromatic nitrogens is 1. The van der Waals surface area contributed by atoms with Crippen LogP contribution in [-0.4, -0.2) is 73.3 Å². The van der Waals surface area contributed by atoms with E-state index in [0.717, 1.165) is 30.3 Å². The number of fused-ring (bicyclic) bond motifs is 2. The molecule has 0 aromatic carbocycles. The van der Waals surface area contributed by atoms with E-state index in [4.69, 9.17) is 16.6 Å². The summed E-state index contributed by atoms with van der Waals surface area (Å²) in [5.41, 5.74) is 2.19. The van der Waals surface area contributed by atoms with E-state index in [0.29, 0.717) is 28.8 Å². The van der Waals surface area contributed by atoms with Crippen molar-refractivity contribution in [3.63, 3.8) is 0 Å². The Bertz CT molecular complexity index is 835. The summed E-state index contributed by atoms with van der Waals surface area (Å²) in [6, 6.07) is -0.296. The van der Waals surface area contributed by atoms with Crippen LogP contribution in [0.25, 0.3) is 0 Å². The van der Waals surface area contributed by atoms with Crippen LogP contribution in [0.2, 0.25) is 5.02 Å². The van der Waals surface area contributed by atoms with Crippen molar-refractivity contribution >= 4 is 34.8 Å². The van der Waals surface area contributed by atoms with Gasteiger partial charge in [-0.25, -0.2) is 9.98 Å². The summed E-state index contributed by atoms with van der Waals surface area (Å²) in [7, 11) is 5.69. The highest BCUT2D eigenvalue weighted by Crippen LogP contribution is 2.43. The molecule has 0 saturated carbocycles. The van der Waals surface area contributed by atoms with Crippen LogP contribution in [0, 0.1) is 6.92 Å². The standard InChI is InChI=1S/C17H21ClN6O/c1-9-13(18)14-12-15(19-9)22(4)10(2)20-16(12)24-7-6-21(3)8-11(24)17(25)23(14)5/h11H,2,6-8H2,1,3-5H3. The van der Waals surface area contributed by atoms with Crippen molar-refractivity contribution < 1.29 is 4.79 Å². The summed E-state index contributed by atoms with van der Waals surface area (Å²) in [6.07, 6.45) is 0. The first kappa shape index (κ1) is 16.4. The minimum Gasteiger partial charge on any atom is -0.341 e. The zero-order valence-corrected chi connectivity index (χ0v) is 15.6. The summed E-state index contributed by atoms with van der Waals surface area (Å²) in [6.45, 7) is 8.14. The fourth-order valence-electron chi connectivity index (χ4n) is 3.72. The molecule has 1 aromatic heterocycles. The summed E-state index contributed by atoms with van der Waals surface area (Å²) in [4.78, 5) is 30.3. The molecule has 0 N–H and O–H groups in total. The van der Waals surface area contributed by atoms with E-state index < -0.39 is 0 Å². The van der Waals surface area contributed by atoms with Gasteiger partial charge < -0.3 is 19.6 Å². The molecule has 0 spiro atoms. The maximum atomic E-state index is 13.2. The van der Waals surface area contributed by atoms with Crippen LogP contribution < -0.4 is 9.80 Å². The molecule has 7 nitrogen and oxygen atoms in total. The molecule has 1 unspecified atom stereocenters. The van der Waals surface area contributed by atoms with Crippen LogP contribution in [0.15, 0.2) is 17.4 Å². The van der Waals surface area contributed by atoms with E-state index in [1.54, 1.807) is 11.9 Å². The van der Waals surface area contributed by atoms with E-state index in [9.17, 15) is 4.79 Å². The first-order valence-electron chi connectivity index (χ1n) is 8.25. The van der Waals surface area contributed by atoms with Gasteiger partial charge in [0.05, 0.1) is 22.0 Å². The lowest BCUT2D eigenvalue weighted by molar-refractivity contribution is -0.123. The van der Waals surface area contributed by atoms with E-state index in [2.05, 4.69) is 21.4 Å². The highest BCUT2D eigenvalue weighted by molar-refractivity contribution is 6.36. The van der Waals surface area contributed by atoms with Crippen LogP contribution in [0.1, 0.15) is 11.3 Å². The molecule has 1 amide bonds. The number of hydrogen-bond donors (Lipinski definition) is 0. The zero-order chi connectivity index (χ0) is 18.0. The molecule has 0 aliphatic carbocycles. The molecule has 0 radical (unpaired) electrons. The number of rotatable bonds is 0. The lowest BCUT2D eigenvalue weighted by atomic mass is 10.1. The molecule has 1 fully saturated rings. The molecule has 8 heteroatoms. The Morgan fingerprint density at radius 3 is 2.64 bits per heavy atom. The Hall–Kier alpha value is -2.12. The first-order chi connectivity index (χ1) is 11.8. The maximum absolute atomic E-state index is 13.2. The highest BCUT2D eigenvalue weighted by Gasteiger charge is 2.44. The summed E-state index contributed by atoms with van der Waals surface area (Å²) in [5.74, 6) is 2.12. The first-order valence-corrected chi connectivity index (χ1v) is 8.63. The number of aliphatic imine (C=N–C) groups is 1. The minimum absolute atomic E-state index is 0.0200. The molecule has 0 bridgehead atoms. The number of anilines is 2. The van der Waals surface area contributed by atoms with Gasteiger partial charge in [-0.2, -0.15) is 0 Å². The van der Waals surface area contributed by atoms with Gasteiger partial charge in [-0.3, -0.25) is 4.79 Å². The summed E-state index contributed by atoms with van der Waals surface area (Å²) >= 11 is 6.59. The Kier molecular flexibility index (Phi) is 3.56. The molecule has 132 valence electrons. The third-order valence-corrected chi connectivity index (χ3v) is 5.68. The molecular formula is C17H21ClN6O. The monoisotopic (exact) mass is 360 g/mol. The van der Waals surface area contributed by atoms with Crippen molar-refractivity contribution in [2.75, 3.05) is 50.6 Å². The Balaban J connectivity index is 2.04. The summed E-state index contributed by atoms with van der Waals surface area (Å²) in [5, 5.41) is 0.497. The molecule has 1 atom stereocenters. The summed E-state index contributed by atoms with van der Waals surface area (Å²) < 4.78 is 0. The van der Waals surface area contributed by atoms with Crippen molar-refractivity contribution in [3.8, 4) is 0 Å². The second-order valence-electron chi connectivity index (χ2n) is 6.84. The van der Waals surface area contributed by atoms with Gasteiger partial charge in [-0.05, 0) is 14.0 Å². The predicted molar refractivity (Wildman–Crippen MR) is 99.5 cm³/mol. The van der Waals surface area contributed by atoms with Crippen LogP contribution >= 0.6 is 11.6 Å². The molecule has 4 heterocycles. The normalized spacial score (nSPS) is 23.3. The highest BCUT2D eigenvalue weighted by atomic mass is 35.5. The number of carbonyl (C=O) groups is 1. The van der Waals surface area contributed by atoms with Gasteiger partial charge in [-0.1, -0.05) is 18.2 Å². The van der Waals surface area contributed by atoms with Crippen LogP contribution in [-0.2, 0) is 4.79 Å². The lowest BCUT2D eigenvalue weighted by Gasteiger charge is -2.41. The largest absolute Gasteiger partial charge is 0.341 e. The van der Waals surface area contributed by atoms with Gasteiger partial charge in [-0.15, -0.1) is 0 Å². The Labute approximate surface area is 152 Å². The van der Waals surface area contributed by atoms with Gasteiger partial charge in [0.1, 0.15) is 23.5 Å².